The number of ether oxygens (including phenoxy) is 1. The minimum Gasteiger partial charge on any atom is -0.466 e. The van der Waals surface area contributed by atoms with Crippen molar-refractivity contribution in [2.45, 2.75) is 58.8 Å². The summed E-state index contributed by atoms with van der Waals surface area (Å²) in [6.45, 7) is 9.23. The van der Waals surface area contributed by atoms with Gasteiger partial charge < -0.3 is 19.9 Å². The molecule has 0 aromatic rings. The van der Waals surface area contributed by atoms with Crippen LogP contribution in [0.25, 0.3) is 0 Å². The van der Waals surface area contributed by atoms with E-state index in [1.54, 1.807) is 0 Å². The number of carbonyl (C=O) groups excluding carboxylic acids is 2. The monoisotopic (exact) mass is 508 g/mol. The molecule has 1 N–H and O–H groups in total. The van der Waals surface area contributed by atoms with E-state index in [-0.39, 0.29) is 35.9 Å². The molecule has 2 saturated heterocycles. The maximum atomic E-state index is 12.1. The molecular weight excluding hydrogens is 471 g/mol. The van der Waals surface area contributed by atoms with Gasteiger partial charge in [-0.15, -0.1) is 24.0 Å². The number of nitrogens with one attached hydrogen (secondary N) is 1. The van der Waals surface area contributed by atoms with Gasteiger partial charge in [-0.25, -0.2) is 0 Å². The van der Waals surface area contributed by atoms with Crippen LogP contribution in [0.4, 0.5) is 0 Å². The van der Waals surface area contributed by atoms with E-state index in [1.807, 2.05) is 11.8 Å². The molecule has 1 amide bonds. The molecule has 28 heavy (non-hydrogen) atoms. The number of guanidine groups is 1. The molecule has 0 unspecified atom stereocenters. The van der Waals surface area contributed by atoms with Crippen LogP contribution in [0.3, 0.4) is 0 Å². The van der Waals surface area contributed by atoms with Crippen molar-refractivity contribution in [3.05, 3.63) is 0 Å². The molecule has 0 radical (unpaired) electrons. The van der Waals surface area contributed by atoms with Gasteiger partial charge in [-0.2, -0.15) is 0 Å². The number of hydrogen-bond acceptors (Lipinski definition) is 4. The zero-order valence-corrected chi connectivity index (χ0v) is 19.8. The standard InChI is InChI=1S/C20H36N4O3.HI/c1-3-21-20(24-15-10-17(11-16-24)19(26)27-4-2)22-12-8-14-23-13-7-5-6-9-18(23)25;/h17H,3-16H2,1-2H3,(H,21,22);1H. The minimum atomic E-state index is -0.0683. The predicted octanol–water partition coefficient (Wildman–Crippen LogP) is 2.64. The summed E-state index contributed by atoms with van der Waals surface area (Å²) >= 11 is 0. The van der Waals surface area contributed by atoms with Gasteiger partial charge in [-0.05, 0) is 46.0 Å². The number of aliphatic imine (C=N–C) groups is 1. The minimum absolute atomic E-state index is 0. The highest BCUT2D eigenvalue weighted by molar-refractivity contribution is 14.0. The summed E-state index contributed by atoms with van der Waals surface area (Å²) in [6.07, 6.45) is 6.51. The molecule has 0 aromatic heterocycles. The molecule has 0 bridgehead atoms. The number of carbonyl (C=O) groups is 2. The Bertz CT molecular complexity index is 508. The molecule has 0 saturated carbocycles. The second kappa shape index (κ2) is 14.0. The van der Waals surface area contributed by atoms with Crippen LogP contribution in [0.2, 0.25) is 0 Å². The summed E-state index contributed by atoms with van der Waals surface area (Å²) in [4.78, 5) is 32.9. The molecule has 0 aliphatic carbocycles. The molecule has 0 atom stereocenters. The summed E-state index contributed by atoms with van der Waals surface area (Å²) in [6, 6.07) is 0. The summed E-state index contributed by atoms with van der Waals surface area (Å²) in [5, 5.41) is 3.36. The summed E-state index contributed by atoms with van der Waals surface area (Å²) in [5.41, 5.74) is 0. The van der Waals surface area contributed by atoms with Crippen molar-refractivity contribution in [3.8, 4) is 0 Å². The largest absolute Gasteiger partial charge is 0.466 e. The quantitative estimate of drug-likeness (QED) is 0.188. The number of nitrogens with zero attached hydrogens (tertiary/aromatic N) is 3. The lowest BCUT2D eigenvalue weighted by atomic mass is 9.97. The summed E-state index contributed by atoms with van der Waals surface area (Å²) in [5.74, 6) is 1.16. The maximum absolute atomic E-state index is 12.1. The summed E-state index contributed by atoms with van der Waals surface area (Å²) < 4.78 is 5.14. The number of rotatable bonds is 7. The van der Waals surface area contributed by atoms with Crippen molar-refractivity contribution in [2.75, 3.05) is 45.9 Å². The molecule has 162 valence electrons. The summed E-state index contributed by atoms with van der Waals surface area (Å²) in [7, 11) is 0. The van der Waals surface area contributed by atoms with Crippen LogP contribution < -0.4 is 5.32 Å². The predicted molar refractivity (Wildman–Crippen MR) is 122 cm³/mol. The molecule has 0 spiro atoms. The van der Waals surface area contributed by atoms with Gasteiger partial charge in [0.2, 0.25) is 5.91 Å². The average molecular weight is 508 g/mol. The molecule has 0 aromatic carbocycles. The number of esters is 1. The average Bonchev–Trinajstić information content (AvgIpc) is 2.89. The first-order valence-corrected chi connectivity index (χ1v) is 10.6. The van der Waals surface area contributed by atoms with E-state index >= 15 is 0 Å². The van der Waals surface area contributed by atoms with Gasteiger partial charge >= 0.3 is 5.97 Å². The van der Waals surface area contributed by atoms with Crippen molar-refractivity contribution in [1.82, 2.24) is 15.1 Å². The lowest BCUT2D eigenvalue weighted by Crippen LogP contribution is -2.46. The van der Waals surface area contributed by atoms with Crippen LogP contribution in [-0.4, -0.2) is 73.5 Å². The highest BCUT2D eigenvalue weighted by Crippen LogP contribution is 2.19. The molecule has 2 fully saturated rings. The Labute approximate surface area is 186 Å². The first-order valence-electron chi connectivity index (χ1n) is 10.6. The third-order valence-electron chi connectivity index (χ3n) is 5.27. The van der Waals surface area contributed by atoms with Crippen LogP contribution in [0.5, 0.6) is 0 Å². The fourth-order valence-electron chi connectivity index (χ4n) is 3.73. The third kappa shape index (κ3) is 8.13. The van der Waals surface area contributed by atoms with Gasteiger partial charge in [0.1, 0.15) is 0 Å². The van der Waals surface area contributed by atoms with Crippen LogP contribution in [-0.2, 0) is 14.3 Å². The van der Waals surface area contributed by atoms with Crippen LogP contribution in [0.1, 0.15) is 58.8 Å². The van der Waals surface area contributed by atoms with Crippen molar-refractivity contribution < 1.29 is 14.3 Å². The third-order valence-corrected chi connectivity index (χ3v) is 5.27. The normalized spacial score (nSPS) is 19.1. The Hall–Kier alpha value is -1.06. The number of halogens is 1. The molecule has 2 aliphatic rings. The lowest BCUT2D eigenvalue weighted by molar-refractivity contribution is -0.149. The maximum Gasteiger partial charge on any atom is 0.309 e. The Morgan fingerprint density at radius 2 is 1.93 bits per heavy atom. The Morgan fingerprint density at radius 3 is 2.61 bits per heavy atom. The fraction of sp³-hybridized carbons (Fsp3) is 0.850. The Morgan fingerprint density at radius 1 is 1.18 bits per heavy atom. The Kier molecular flexibility index (Phi) is 12.5. The van der Waals surface area contributed by atoms with Crippen molar-refractivity contribution >= 4 is 41.8 Å². The van der Waals surface area contributed by atoms with Gasteiger partial charge in [0.25, 0.3) is 0 Å². The molecule has 8 heteroatoms. The topological polar surface area (TPSA) is 74.2 Å². The van der Waals surface area contributed by atoms with E-state index in [4.69, 9.17) is 9.73 Å². The molecule has 2 heterocycles. The van der Waals surface area contributed by atoms with Crippen molar-refractivity contribution in [1.29, 1.82) is 0 Å². The van der Waals surface area contributed by atoms with Gasteiger partial charge in [-0.1, -0.05) is 6.42 Å². The van der Waals surface area contributed by atoms with Gasteiger partial charge in [0.05, 0.1) is 12.5 Å². The van der Waals surface area contributed by atoms with Crippen LogP contribution in [0, 0.1) is 5.92 Å². The molecular formula is C20H37IN4O3. The van der Waals surface area contributed by atoms with E-state index in [0.29, 0.717) is 25.5 Å². The zero-order valence-electron chi connectivity index (χ0n) is 17.5. The number of hydrogen-bond donors (Lipinski definition) is 1. The molecule has 7 nitrogen and oxygen atoms in total. The van der Waals surface area contributed by atoms with E-state index < -0.39 is 0 Å². The van der Waals surface area contributed by atoms with Crippen LogP contribution in [0.15, 0.2) is 4.99 Å². The second-order valence-electron chi connectivity index (χ2n) is 7.29. The number of piperidine rings is 1. The second-order valence-corrected chi connectivity index (χ2v) is 7.29. The Balaban J connectivity index is 0.00000392. The molecule has 2 aliphatic heterocycles. The first-order chi connectivity index (χ1) is 13.2. The lowest BCUT2D eigenvalue weighted by Gasteiger charge is -2.33. The van der Waals surface area contributed by atoms with E-state index in [9.17, 15) is 9.59 Å². The van der Waals surface area contributed by atoms with Gasteiger partial charge in [0, 0.05) is 45.7 Å². The zero-order chi connectivity index (χ0) is 19.5. The van der Waals surface area contributed by atoms with Crippen molar-refractivity contribution in [3.63, 3.8) is 0 Å². The number of amides is 1. The van der Waals surface area contributed by atoms with Gasteiger partial charge in [-0.3, -0.25) is 14.6 Å². The van der Waals surface area contributed by atoms with E-state index in [0.717, 1.165) is 77.2 Å². The first kappa shape index (κ1) is 25.0. The number of likely N-dealkylation sites (tertiary alicyclic amines) is 2. The van der Waals surface area contributed by atoms with Crippen molar-refractivity contribution in [2.24, 2.45) is 10.9 Å². The van der Waals surface area contributed by atoms with Crippen LogP contribution >= 0.6 is 24.0 Å². The fourth-order valence-corrected chi connectivity index (χ4v) is 3.73. The van der Waals surface area contributed by atoms with Gasteiger partial charge in [0.15, 0.2) is 5.96 Å². The molecule has 2 rings (SSSR count). The SMILES string of the molecule is CCNC(=NCCCN1CCCCCC1=O)N1CCC(C(=O)OCC)CC1.I. The smallest absolute Gasteiger partial charge is 0.309 e. The highest BCUT2D eigenvalue weighted by Gasteiger charge is 2.27. The van der Waals surface area contributed by atoms with E-state index in [2.05, 4.69) is 17.1 Å². The van der Waals surface area contributed by atoms with E-state index in [1.165, 1.54) is 0 Å². The highest BCUT2D eigenvalue weighted by atomic mass is 127.